The van der Waals surface area contributed by atoms with Crippen molar-refractivity contribution in [2.75, 3.05) is 45.9 Å². The molecule has 0 amide bonds. The highest BCUT2D eigenvalue weighted by molar-refractivity contribution is 4.88. The summed E-state index contributed by atoms with van der Waals surface area (Å²) in [5.41, 5.74) is 0.353. The van der Waals surface area contributed by atoms with E-state index >= 15 is 0 Å². The third kappa shape index (κ3) is 5.22. The summed E-state index contributed by atoms with van der Waals surface area (Å²) in [5.74, 6) is 1.78. The molecule has 2 heterocycles. The smallest absolute Gasteiger partial charge is 0.0546 e. The van der Waals surface area contributed by atoms with Gasteiger partial charge in [-0.1, -0.05) is 20.8 Å². The molecular formula is C18H36N2O. The van der Waals surface area contributed by atoms with Gasteiger partial charge >= 0.3 is 0 Å². The van der Waals surface area contributed by atoms with Crippen LogP contribution < -0.4 is 5.32 Å². The molecule has 0 aromatic carbocycles. The zero-order valence-corrected chi connectivity index (χ0v) is 14.5. The molecule has 0 saturated carbocycles. The first-order valence-corrected chi connectivity index (χ1v) is 9.16. The maximum Gasteiger partial charge on any atom is 0.0546 e. The van der Waals surface area contributed by atoms with E-state index in [0.717, 1.165) is 38.1 Å². The Morgan fingerprint density at radius 2 is 2.10 bits per heavy atom. The van der Waals surface area contributed by atoms with Crippen molar-refractivity contribution in [3.05, 3.63) is 0 Å². The molecule has 2 aliphatic heterocycles. The highest BCUT2D eigenvalue weighted by Gasteiger charge is 2.35. The van der Waals surface area contributed by atoms with Crippen LogP contribution in [0.15, 0.2) is 0 Å². The van der Waals surface area contributed by atoms with E-state index in [9.17, 15) is 0 Å². The lowest BCUT2D eigenvalue weighted by atomic mass is 9.81. The second kappa shape index (κ2) is 8.50. The van der Waals surface area contributed by atoms with E-state index in [2.05, 4.69) is 31.0 Å². The molecular weight excluding hydrogens is 260 g/mol. The number of ether oxygens (including phenoxy) is 1. The van der Waals surface area contributed by atoms with Crippen LogP contribution >= 0.6 is 0 Å². The van der Waals surface area contributed by atoms with Crippen LogP contribution in [0.3, 0.4) is 0 Å². The average Bonchev–Trinajstić information content (AvgIpc) is 2.72. The fourth-order valence-electron chi connectivity index (χ4n) is 4.10. The molecule has 3 heteroatoms. The van der Waals surface area contributed by atoms with E-state index in [0.29, 0.717) is 5.41 Å². The highest BCUT2D eigenvalue weighted by atomic mass is 16.5. The van der Waals surface area contributed by atoms with Crippen molar-refractivity contribution in [2.45, 2.75) is 52.9 Å². The molecule has 2 fully saturated rings. The predicted molar refractivity (Wildman–Crippen MR) is 89.6 cm³/mol. The Bertz CT molecular complexity index is 287. The number of nitrogens with one attached hydrogen (secondary N) is 1. The van der Waals surface area contributed by atoms with E-state index in [1.807, 2.05) is 0 Å². The number of nitrogens with zero attached hydrogens (tertiary/aromatic N) is 1. The Balaban J connectivity index is 1.90. The minimum Gasteiger partial charge on any atom is -0.381 e. The number of hydrogen-bond acceptors (Lipinski definition) is 3. The zero-order chi connectivity index (χ0) is 15.1. The van der Waals surface area contributed by atoms with Gasteiger partial charge in [-0.15, -0.1) is 0 Å². The molecule has 1 N–H and O–H groups in total. The summed E-state index contributed by atoms with van der Waals surface area (Å²) in [4.78, 5) is 2.73. The van der Waals surface area contributed by atoms with Crippen molar-refractivity contribution in [2.24, 2.45) is 17.3 Å². The summed E-state index contributed by atoms with van der Waals surface area (Å²) < 4.78 is 5.85. The van der Waals surface area contributed by atoms with Gasteiger partial charge in [-0.2, -0.15) is 0 Å². The second-order valence-electron chi connectivity index (χ2n) is 7.65. The highest BCUT2D eigenvalue weighted by Crippen LogP contribution is 2.31. The Morgan fingerprint density at radius 1 is 1.24 bits per heavy atom. The van der Waals surface area contributed by atoms with Gasteiger partial charge in [0.25, 0.3) is 0 Å². The van der Waals surface area contributed by atoms with Gasteiger partial charge in [-0.25, -0.2) is 0 Å². The normalized spacial score (nSPS) is 32.3. The first-order valence-electron chi connectivity index (χ1n) is 9.16. The Morgan fingerprint density at radius 3 is 2.76 bits per heavy atom. The number of rotatable bonds is 6. The molecule has 0 aromatic rings. The average molecular weight is 296 g/mol. The fourth-order valence-corrected chi connectivity index (χ4v) is 4.10. The molecule has 0 aliphatic carbocycles. The van der Waals surface area contributed by atoms with Crippen LogP contribution in [0.2, 0.25) is 0 Å². The van der Waals surface area contributed by atoms with Crippen LogP contribution in [0.4, 0.5) is 0 Å². The molecule has 21 heavy (non-hydrogen) atoms. The third-order valence-electron chi connectivity index (χ3n) is 5.52. The van der Waals surface area contributed by atoms with Crippen LogP contribution in [0.5, 0.6) is 0 Å². The summed E-state index contributed by atoms with van der Waals surface area (Å²) in [5, 5.41) is 3.58. The molecule has 2 rings (SSSR count). The van der Waals surface area contributed by atoms with Gasteiger partial charge in [-0.05, 0) is 63.6 Å². The maximum atomic E-state index is 5.85. The maximum absolute atomic E-state index is 5.85. The van der Waals surface area contributed by atoms with E-state index < -0.39 is 0 Å². The zero-order valence-electron chi connectivity index (χ0n) is 14.5. The van der Waals surface area contributed by atoms with Crippen LogP contribution in [-0.4, -0.2) is 50.8 Å². The summed E-state index contributed by atoms with van der Waals surface area (Å²) in [7, 11) is 0. The summed E-state index contributed by atoms with van der Waals surface area (Å²) in [6.45, 7) is 14.9. The lowest BCUT2D eigenvalue weighted by Gasteiger charge is -2.41. The van der Waals surface area contributed by atoms with Crippen molar-refractivity contribution in [1.82, 2.24) is 10.2 Å². The lowest BCUT2D eigenvalue weighted by Crippen LogP contribution is -2.49. The van der Waals surface area contributed by atoms with Gasteiger partial charge in [0.1, 0.15) is 0 Å². The van der Waals surface area contributed by atoms with Crippen molar-refractivity contribution >= 4 is 0 Å². The lowest BCUT2D eigenvalue weighted by molar-refractivity contribution is -0.0257. The minimum atomic E-state index is 0.353. The van der Waals surface area contributed by atoms with E-state index in [4.69, 9.17) is 4.74 Å². The molecule has 0 aromatic heterocycles. The summed E-state index contributed by atoms with van der Waals surface area (Å²) in [6, 6.07) is 0. The van der Waals surface area contributed by atoms with Crippen molar-refractivity contribution in [3.8, 4) is 0 Å². The van der Waals surface area contributed by atoms with Crippen molar-refractivity contribution in [3.63, 3.8) is 0 Å². The van der Waals surface area contributed by atoms with Gasteiger partial charge < -0.3 is 15.0 Å². The van der Waals surface area contributed by atoms with Crippen molar-refractivity contribution in [1.29, 1.82) is 0 Å². The van der Waals surface area contributed by atoms with Gasteiger partial charge in [0, 0.05) is 25.1 Å². The SMILES string of the molecule is CCNCC1(CN2CCCC(C(C)C)CC2)CCCOC1. The first-order chi connectivity index (χ1) is 10.2. The largest absolute Gasteiger partial charge is 0.381 e. The van der Waals surface area contributed by atoms with E-state index in [-0.39, 0.29) is 0 Å². The van der Waals surface area contributed by atoms with Gasteiger partial charge in [-0.3, -0.25) is 0 Å². The summed E-state index contributed by atoms with van der Waals surface area (Å²) >= 11 is 0. The first kappa shape index (κ1) is 17.2. The Kier molecular flexibility index (Phi) is 6.97. The van der Waals surface area contributed by atoms with Crippen LogP contribution in [0.25, 0.3) is 0 Å². The van der Waals surface area contributed by atoms with Crippen LogP contribution in [0.1, 0.15) is 52.9 Å². The molecule has 0 radical (unpaired) electrons. The van der Waals surface area contributed by atoms with E-state index in [1.54, 1.807) is 0 Å². The van der Waals surface area contributed by atoms with E-state index in [1.165, 1.54) is 51.7 Å². The monoisotopic (exact) mass is 296 g/mol. The van der Waals surface area contributed by atoms with Gasteiger partial charge in [0.05, 0.1) is 6.61 Å². The van der Waals surface area contributed by atoms with Crippen molar-refractivity contribution < 1.29 is 4.74 Å². The quantitative estimate of drug-likeness (QED) is 0.815. The molecule has 2 saturated heterocycles. The third-order valence-corrected chi connectivity index (χ3v) is 5.52. The molecule has 0 spiro atoms. The van der Waals surface area contributed by atoms with Gasteiger partial charge in [0.15, 0.2) is 0 Å². The van der Waals surface area contributed by atoms with Gasteiger partial charge in [0.2, 0.25) is 0 Å². The molecule has 2 unspecified atom stereocenters. The van der Waals surface area contributed by atoms with Crippen LogP contribution in [-0.2, 0) is 4.74 Å². The molecule has 3 nitrogen and oxygen atoms in total. The molecule has 2 aliphatic rings. The fraction of sp³-hybridized carbons (Fsp3) is 1.00. The standard InChI is InChI=1S/C18H36N2O/c1-4-19-13-18(9-6-12-21-15-18)14-20-10-5-7-17(8-11-20)16(2)3/h16-17,19H,4-15H2,1-3H3. The number of hydrogen-bond donors (Lipinski definition) is 1. The Labute approximate surface area is 131 Å². The van der Waals surface area contributed by atoms with Crippen LogP contribution in [0, 0.1) is 17.3 Å². The molecule has 124 valence electrons. The second-order valence-corrected chi connectivity index (χ2v) is 7.65. The molecule has 0 bridgehead atoms. The predicted octanol–water partition coefficient (Wildman–Crippen LogP) is 3.15. The topological polar surface area (TPSA) is 24.5 Å². The number of likely N-dealkylation sites (tertiary alicyclic amines) is 1. The minimum absolute atomic E-state index is 0.353. The molecule has 2 atom stereocenters. The summed E-state index contributed by atoms with van der Waals surface area (Å²) in [6.07, 6.45) is 6.74. The Hall–Kier alpha value is -0.120.